The minimum absolute atomic E-state index is 0.0602. The number of amides is 1. The van der Waals surface area contributed by atoms with Crippen molar-refractivity contribution in [2.45, 2.75) is 19.5 Å². The fourth-order valence-corrected chi connectivity index (χ4v) is 5.55. The average molecular weight is 520 g/mol. The van der Waals surface area contributed by atoms with Crippen molar-refractivity contribution in [2.75, 3.05) is 39.0 Å². The van der Waals surface area contributed by atoms with Crippen LogP contribution in [0, 0.1) is 18.2 Å². The van der Waals surface area contributed by atoms with Crippen LogP contribution in [-0.4, -0.2) is 71.1 Å². The number of piperazine rings is 1. The van der Waals surface area contributed by atoms with Crippen molar-refractivity contribution < 1.29 is 9.18 Å². The maximum atomic E-state index is 14.1. The van der Waals surface area contributed by atoms with E-state index in [1.165, 1.54) is 16.2 Å². The Kier molecular flexibility index (Phi) is 6.94. The normalized spacial score (nSPS) is 16.2. The third kappa shape index (κ3) is 4.94. The number of likely N-dealkylation sites (N-methyl/N-ethyl adjacent to an activating group) is 1. The number of hydrogen-bond donors (Lipinski definition) is 3. The second kappa shape index (κ2) is 10.3. The van der Waals surface area contributed by atoms with Gasteiger partial charge < -0.3 is 15.5 Å². The number of aryl methyl sites for hydroxylation is 1. The van der Waals surface area contributed by atoms with E-state index in [0.717, 1.165) is 5.56 Å². The van der Waals surface area contributed by atoms with Gasteiger partial charge in [-0.3, -0.25) is 15.1 Å². The molecule has 1 unspecified atom stereocenters. The molecule has 1 atom stereocenters. The molecule has 3 N–H and O–H groups in total. The molecule has 5 rings (SSSR count). The van der Waals surface area contributed by atoms with Crippen LogP contribution in [0.2, 0.25) is 0 Å². The Hall–Kier alpha value is -3.76. The highest BCUT2D eigenvalue weighted by Gasteiger charge is 2.32. The minimum Gasteiger partial charge on any atom is -0.371 e. The van der Waals surface area contributed by atoms with Crippen molar-refractivity contribution in [1.82, 2.24) is 24.9 Å². The van der Waals surface area contributed by atoms with E-state index in [4.69, 9.17) is 5.41 Å². The molecule has 8 nitrogen and oxygen atoms in total. The molecule has 0 bridgehead atoms. The second-order valence-corrected chi connectivity index (χ2v) is 10.2. The van der Waals surface area contributed by atoms with Crippen molar-refractivity contribution in [3.8, 4) is 5.69 Å². The number of halogens is 1. The molecule has 1 saturated heterocycles. The number of benzene rings is 2. The van der Waals surface area contributed by atoms with Gasteiger partial charge in [0.2, 0.25) is 5.91 Å². The summed E-state index contributed by atoms with van der Waals surface area (Å²) in [5, 5.41) is 22.9. The Morgan fingerprint density at radius 2 is 2.05 bits per heavy atom. The fraction of sp³-hybridized carbons (Fsp3) is 0.296. The van der Waals surface area contributed by atoms with Crippen LogP contribution < -0.4 is 10.6 Å². The van der Waals surface area contributed by atoms with Gasteiger partial charge in [-0.15, -0.1) is 16.4 Å². The van der Waals surface area contributed by atoms with E-state index in [9.17, 15) is 9.18 Å². The summed E-state index contributed by atoms with van der Waals surface area (Å²) in [4.78, 5) is 17.1. The van der Waals surface area contributed by atoms with Gasteiger partial charge in [-0.25, -0.2) is 9.07 Å². The summed E-state index contributed by atoms with van der Waals surface area (Å²) in [6.45, 7) is 3.83. The molecule has 0 radical (unpaired) electrons. The van der Waals surface area contributed by atoms with Crippen LogP contribution in [0.4, 0.5) is 10.2 Å². The van der Waals surface area contributed by atoms with Gasteiger partial charge in [-0.2, -0.15) is 0 Å². The van der Waals surface area contributed by atoms with Crippen molar-refractivity contribution >= 4 is 39.0 Å². The molecule has 10 heteroatoms. The van der Waals surface area contributed by atoms with E-state index >= 15 is 0 Å². The Morgan fingerprint density at radius 1 is 1.24 bits per heavy atom. The molecule has 37 heavy (non-hydrogen) atoms. The molecule has 0 saturated carbocycles. The van der Waals surface area contributed by atoms with Crippen LogP contribution in [0.15, 0.2) is 54.0 Å². The fourth-order valence-electron chi connectivity index (χ4n) is 4.59. The van der Waals surface area contributed by atoms with Crippen LogP contribution in [0.1, 0.15) is 16.7 Å². The van der Waals surface area contributed by atoms with E-state index < -0.39 is 6.04 Å². The van der Waals surface area contributed by atoms with E-state index in [-0.39, 0.29) is 17.6 Å². The van der Waals surface area contributed by atoms with Crippen LogP contribution in [0.3, 0.4) is 0 Å². The van der Waals surface area contributed by atoms with Gasteiger partial charge >= 0.3 is 0 Å². The van der Waals surface area contributed by atoms with Gasteiger partial charge in [0.25, 0.3) is 0 Å². The van der Waals surface area contributed by atoms with Gasteiger partial charge in [0.15, 0.2) is 5.82 Å². The number of nitrogens with zero attached hydrogens (tertiary/aromatic N) is 4. The zero-order chi connectivity index (χ0) is 26.1. The Balaban J connectivity index is 1.30. The zero-order valence-electron chi connectivity index (χ0n) is 21.1. The number of hydrogen-bond acceptors (Lipinski definition) is 6. The lowest BCUT2D eigenvalue weighted by atomic mass is 10.1. The van der Waals surface area contributed by atoms with Gasteiger partial charge in [-0.05, 0) is 54.1 Å². The van der Waals surface area contributed by atoms with Crippen LogP contribution in [0.5, 0.6) is 0 Å². The molecular formula is C27H30FN7OS. The summed E-state index contributed by atoms with van der Waals surface area (Å²) in [6.07, 6.45) is 1.73. The Labute approximate surface area is 219 Å². The SMILES string of the molecule is CNc1nn(-c2ccc(C)c(F)c2)cc1C(=N)N1CCN(C)C(C(=O)NCc2csc3ccccc23)C1. The molecule has 1 amide bonds. The number of carbonyl (C=O) groups is 1. The second-order valence-electron chi connectivity index (χ2n) is 9.29. The highest BCUT2D eigenvalue weighted by Crippen LogP contribution is 2.26. The van der Waals surface area contributed by atoms with E-state index in [1.807, 2.05) is 29.0 Å². The number of aromatic nitrogens is 2. The van der Waals surface area contributed by atoms with Crippen molar-refractivity contribution in [2.24, 2.45) is 0 Å². The van der Waals surface area contributed by atoms with E-state index in [2.05, 4.69) is 33.2 Å². The predicted molar refractivity (Wildman–Crippen MR) is 146 cm³/mol. The third-order valence-electron chi connectivity index (χ3n) is 6.91. The first-order valence-electron chi connectivity index (χ1n) is 12.2. The first-order valence-corrected chi connectivity index (χ1v) is 13.0. The molecule has 192 valence electrons. The summed E-state index contributed by atoms with van der Waals surface area (Å²) < 4.78 is 16.9. The lowest BCUT2D eigenvalue weighted by Gasteiger charge is -2.39. The molecule has 1 aliphatic rings. The van der Waals surface area contributed by atoms with Gasteiger partial charge in [-0.1, -0.05) is 24.3 Å². The number of anilines is 1. The minimum atomic E-state index is -0.390. The van der Waals surface area contributed by atoms with Crippen LogP contribution >= 0.6 is 11.3 Å². The first kappa shape index (κ1) is 24.9. The topological polar surface area (TPSA) is 89.3 Å². The highest BCUT2D eigenvalue weighted by molar-refractivity contribution is 7.17. The third-order valence-corrected chi connectivity index (χ3v) is 7.92. The van der Waals surface area contributed by atoms with Gasteiger partial charge in [0.05, 0.1) is 11.3 Å². The molecular weight excluding hydrogens is 489 g/mol. The molecule has 1 fully saturated rings. The lowest BCUT2D eigenvalue weighted by Crippen LogP contribution is -2.58. The maximum Gasteiger partial charge on any atom is 0.239 e. The molecule has 0 spiro atoms. The van der Waals surface area contributed by atoms with Gasteiger partial charge in [0.1, 0.15) is 17.7 Å². The zero-order valence-corrected chi connectivity index (χ0v) is 21.9. The number of rotatable bonds is 6. The van der Waals surface area contributed by atoms with Crippen molar-refractivity contribution in [3.63, 3.8) is 0 Å². The molecule has 4 aromatic rings. The summed E-state index contributed by atoms with van der Waals surface area (Å²) in [5.74, 6) is 0.433. The summed E-state index contributed by atoms with van der Waals surface area (Å²) >= 11 is 1.68. The highest BCUT2D eigenvalue weighted by atomic mass is 32.1. The summed E-state index contributed by atoms with van der Waals surface area (Å²) in [6, 6.07) is 12.7. The number of nitrogens with one attached hydrogen (secondary N) is 3. The largest absolute Gasteiger partial charge is 0.371 e. The van der Waals surface area contributed by atoms with Crippen LogP contribution in [0.25, 0.3) is 15.8 Å². The monoisotopic (exact) mass is 519 g/mol. The maximum absolute atomic E-state index is 14.1. The quantitative estimate of drug-likeness (QED) is 0.266. The van der Waals surface area contributed by atoms with Gasteiger partial charge in [0, 0.05) is 44.1 Å². The number of amidine groups is 1. The smallest absolute Gasteiger partial charge is 0.239 e. The first-order chi connectivity index (χ1) is 17.9. The van der Waals surface area contributed by atoms with E-state index in [1.54, 1.807) is 48.3 Å². The average Bonchev–Trinajstić information content (AvgIpc) is 3.53. The standard InChI is InChI=1S/C27H30FN7OS/c1-17-8-9-19(12-22(17)28)35-14-21(26(30-2)32-35)25(29)34-11-10-33(3)23(15-34)27(36)31-13-18-16-37-24-7-5-4-6-20(18)24/h4-9,12,14,16,23,29H,10-11,13,15H2,1-3H3,(H,30,32)(H,31,36). The van der Waals surface area contributed by atoms with Crippen LogP contribution in [-0.2, 0) is 11.3 Å². The number of carbonyl (C=O) groups excluding carboxylic acids is 1. The molecule has 3 heterocycles. The molecule has 1 aliphatic heterocycles. The van der Waals surface area contributed by atoms with Crippen molar-refractivity contribution in [3.05, 3.63) is 76.5 Å². The van der Waals surface area contributed by atoms with E-state index in [0.29, 0.717) is 48.8 Å². The Bertz CT molecular complexity index is 1460. The number of fused-ring (bicyclic) bond motifs is 1. The predicted octanol–water partition coefficient (Wildman–Crippen LogP) is 3.83. The summed E-state index contributed by atoms with van der Waals surface area (Å²) in [7, 11) is 3.68. The number of thiophene rings is 1. The molecule has 2 aromatic heterocycles. The molecule has 0 aliphatic carbocycles. The Morgan fingerprint density at radius 3 is 2.84 bits per heavy atom. The lowest BCUT2D eigenvalue weighted by molar-refractivity contribution is -0.127. The van der Waals surface area contributed by atoms with Crippen molar-refractivity contribution in [1.29, 1.82) is 5.41 Å². The molecule has 2 aromatic carbocycles. The summed E-state index contributed by atoms with van der Waals surface area (Å²) in [5.41, 5.74) is 2.84.